The minimum absolute atomic E-state index is 0.260. The smallest absolute Gasteiger partial charge is 0.249 e. The lowest BCUT2D eigenvalue weighted by Crippen LogP contribution is -2.60. The SMILES string of the molecule is CCCCCCCCCCC/C=C\C/C=C\CCCCCCCCCCCCCCC(O)C(=O)NC(COC1OC(CO)C(O)C(O)C1O)C(O)C(O)CCCCCCCCCCCCCCCC. The lowest BCUT2D eigenvalue weighted by atomic mass is 9.98. The lowest BCUT2D eigenvalue weighted by Gasteiger charge is -2.40. The van der Waals surface area contributed by atoms with Gasteiger partial charge in [0.15, 0.2) is 6.29 Å². The summed E-state index contributed by atoms with van der Waals surface area (Å²) in [6.07, 6.45) is 45.2. The average molecular weight is 983 g/mol. The van der Waals surface area contributed by atoms with Gasteiger partial charge in [0.05, 0.1) is 25.4 Å². The van der Waals surface area contributed by atoms with Gasteiger partial charge in [-0.3, -0.25) is 4.79 Å². The molecule has 0 aliphatic carbocycles. The third kappa shape index (κ3) is 36.2. The van der Waals surface area contributed by atoms with E-state index in [1.165, 1.54) is 186 Å². The fourth-order valence-corrected chi connectivity index (χ4v) is 9.47. The zero-order chi connectivity index (χ0) is 50.4. The third-order valence-electron chi connectivity index (χ3n) is 14.3. The number of aliphatic hydroxyl groups is 7. The van der Waals surface area contributed by atoms with Crippen LogP contribution < -0.4 is 5.32 Å². The normalized spacial score (nSPS) is 20.5. The molecule has 8 N–H and O–H groups in total. The van der Waals surface area contributed by atoms with Crippen LogP contribution in [0.1, 0.15) is 271 Å². The van der Waals surface area contributed by atoms with Crippen LogP contribution in [0.4, 0.5) is 0 Å². The number of nitrogens with one attached hydrogen (secondary N) is 1. The van der Waals surface area contributed by atoms with Gasteiger partial charge in [-0.25, -0.2) is 0 Å². The Morgan fingerprint density at radius 2 is 0.884 bits per heavy atom. The van der Waals surface area contributed by atoms with Gasteiger partial charge in [0.1, 0.15) is 36.6 Å². The van der Waals surface area contributed by atoms with Gasteiger partial charge in [0, 0.05) is 0 Å². The molecule has 11 nitrogen and oxygen atoms in total. The second-order valence-electron chi connectivity index (χ2n) is 20.7. The monoisotopic (exact) mass is 982 g/mol. The first kappa shape index (κ1) is 65.6. The van der Waals surface area contributed by atoms with Crippen molar-refractivity contribution >= 4 is 5.91 Å². The van der Waals surface area contributed by atoms with Crippen LogP contribution in [0.5, 0.6) is 0 Å². The standard InChI is InChI=1S/C58H111NO10/c1-3-5-7-9-11-13-15-17-19-20-21-22-23-24-25-26-27-28-29-30-31-32-34-36-38-40-42-44-46-51(62)57(67)59-49(48-68-58-56(66)55(65)54(64)52(47-60)69-58)53(63)50(61)45-43-41-39-37-35-33-18-16-14-12-10-8-6-4-2/h21-22,24-25,49-56,58,60-66H,3-20,23,26-48H2,1-2H3,(H,59,67)/b22-21-,25-24-. The van der Waals surface area contributed by atoms with E-state index >= 15 is 0 Å². The van der Waals surface area contributed by atoms with Crippen molar-refractivity contribution in [2.24, 2.45) is 0 Å². The summed E-state index contributed by atoms with van der Waals surface area (Å²) in [5, 5.41) is 76.1. The van der Waals surface area contributed by atoms with Crippen molar-refractivity contribution < 1.29 is 50.0 Å². The molecule has 9 unspecified atom stereocenters. The van der Waals surface area contributed by atoms with E-state index in [2.05, 4.69) is 43.5 Å². The lowest BCUT2D eigenvalue weighted by molar-refractivity contribution is -0.303. The van der Waals surface area contributed by atoms with Crippen LogP contribution in [0.2, 0.25) is 0 Å². The van der Waals surface area contributed by atoms with E-state index in [1.54, 1.807) is 0 Å². The van der Waals surface area contributed by atoms with E-state index in [-0.39, 0.29) is 6.42 Å². The van der Waals surface area contributed by atoms with Crippen molar-refractivity contribution in [1.82, 2.24) is 5.32 Å². The van der Waals surface area contributed by atoms with Crippen LogP contribution in [0.3, 0.4) is 0 Å². The minimum atomic E-state index is -1.66. The number of carbonyl (C=O) groups excluding carboxylic acids is 1. The number of aliphatic hydroxyl groups excluding tert-OH is 7. The third-order valence-corrected chi connectivity index (χ3v) is 14.3. The molecule has 1 rings (SSSR count). The summed E-state index contributed by atoms with van der Waals surface area (Å²) in [6, 6.07) is -1.17. The summed E-state index contributed by atoms with van der Waals surface area (Å²) in [5.74, 6) is -0.695. The van der Waals surface area contributed by atoms with Gasteiger partial charge in [-0.1, -0.05) is 250 Å². The van der Waals surface area contributed by atoms with Gasteiger partial charge in [-0.05, 0) is 44.9 Å². The summed E-state index contributed by atoms with van der Waals surface area (Å²) < 4.78 is 11.1. The number of ether oxygens (including phenoxy) is 2. The van der Waals surface area contributed by atoms with E-state index in [0.717, 1.165) is 44.9 Å². The highest BCUT2D eigenvalue weighted by molar-refractivity contribution is 5.80. The molecule has 1 aliphatic rings. The van der Waals surface area contributed by atoms with Crippen LogP contribution in [0, 0.1) is 0 Å². The topological polar surface area (TPSA) is 189 Å². The summed E-state index contributed by atoms with van der Waals surface area (Å²) in [5.41, 5.74) is 0. The fraction of sp³-hybridized carbons (Fsp3) is 0.914. The maximum Gasteiger partial charge on any atom is 0.249 e. The highest BCUT2D eigenvalue weighted by Gasteiger charge is 2.44. The van der Waals surface area contributed by atoms with Crippen LogP contribution in [-0.2, 0) is 14.3 Å². The molecule has 0 spiro atoms. The zero-order valence-corrected chi connectivity index (χ0v) is 44.6. The van der Waals surface area contributed by atoms with E-state index < -0.39 is 74.2 Å². The van der Waals surface area contributed by atoms with Crippen molar-refractivity contribution in [3.8, 4) is 0 Å². The molecular weight excluding hydrogens is 871 g/mol. The Labute approximate surface area is 423 Å². The molecule has 11 heteroatoms. The van der Waals surface area contributed by atoms with Crippen LogP contribution in [-0.4, -0.2) is 110 Å². The molecule has 1 heterocycles. The molecule has 0 bridgehead atoms. The summed E-state index contributed by atoms with van der Waals surface area (Å²) in [4.78, 5) is 13.2. The highest BCUT2D eigenvalue weighted by atomic mass is 16.7. The Bertz CT molecular complexity index is 1170. The molecule has 1 saturated heterocycles. The number of amides is 1. The van der Waals surface area contributed by atoms with Crippen molar-refractivity contribution in [2.45, 2.75) is 326 Å². The predicted molar refractivity (Wildman–Crippen MR) is 284 cm³/mol. The first-order valence-electron chi connectivity index (χ1n) is 29.2. The van der Waals surface area contributed by atoms with Gasteiger partial charge >= 0.3 is 0 Å². The van der Waals surface area contributed by atoms with Gasteiger partial charge in [0.2, 0.25) is 5.91 Å². The van der Waals surface area contributed by atoms with E-state index in [0.29, 0.717) is 19.3 Å². The number of carbonyl (C=O) groups is 1. The van der Waals surface area contributed by atoms with Crippen LogP contribution in [0.25, 0.3) is 0 Å². The molecule has 1 amide bonds. The van der Waals surface area contributed by atoms with E-state index in [9.17, 15) is 40.5 Å². The summed E-state index contributed by atoms with van der Waals surface area (Å²) >= 11 is 0. The van der Waals surface area contributed by atoms with E-state index in [1.807, 2.05) is 0 Å². The van der Waals surface area contributed by atoms with Crippen molar-refractivity contribution in [2.75, 3.05) is 13.2 Å². The Morgan fingerprint density at radius 3 is 1.29 bits per heavy atom. The van der Waals surface area contributed by atoms with Gasteiger partial charge < -0.3 is 50.5 Å². The second-order valence-corrected chi connectivity index (χ2v) is 20.7. The number of unbranched alkanes of at least 4 members (excludes halogenated alkanes) is 34. The van der Waals surface area contributed by atoms with Crippen molar-refractivity contribution in [3.63, 3.8) is 0 Å². The number of hydrogen-bond donors (Lipinski definition) is 8. The molecule has 1 aliphatic heterocycles. The van der Waals surface area contributed by atoms with Gasteiger partial charge in [-0.15, -0.1) is 0 Å². The Kier molecular flexibility index (Phi) is 45.2. The molecule has 0 saturated carbocycles. The zero-order valence-electron chi connectivity index (χ0n) is 44.6. The predicted octanol–water partition coefficient (Wildman–Crippen LogP) is 12.1. The molecule has 0 aromatic heterocycles. The first-order chi connectivity index (χ1) is 33.7. The minimum Gasteiger partial charge on any atom is -0.394 e. The average Bonchev–Trinajstić information content (AvgIpc) is 3.35. The van der Waals surface area contributed by atoms with Crippen LogP contribution >= 0.6 is 0 Å². The Morgan fingerprint density at radius 1 is 0.507 bits per heavy atom. The number of rotatable bonds is 50. The van der Waals surface area contributed by atoms with Gasteiger partial charge in [0.25, 0.3) is 0 Å². The molecule has 1 fully saturated rings. The molecule has 0 radical (unpaired) electrons. The number of allylic oxidation sites excluding steroid dienone is 4. The van der Waals surface area contributed by atoms with Crippen LogP contribution in [0.15, 0.2) is 24.3 Å². The molecule has 0 aromatic rings. The maximum atomic E-state index is 13.2. The van der Waals surface area contributed by atoms with Crippen molar-refractivity contribution in [1.29, 1.82) is 0 Å². The van der Waals surface area contributed by atoms with Crippen molar-refractivity contribution in [3.05, 3.63) is 24.3 Å². The van der Waals surface area contributed by atoms with Gasteiger partial charge in [-0.2, -0.15) is 0 Å². The fourth-order valence-electron chi connectivity index (χ4n) is 9.47. The molecule has 408 valence electrons. The molecule has 0 aromatic carbocycles. The molecule has 69 heavy (non-hydrogen) atoms. The second kappa shape index (κ2) is 47.6. The maximum absolute atomic E-state index is 13.2. The first-order valence-corrected chi connectivity index (χ1v) is 29.2. The Balaban J connectivity index is 2.26. The molecular formula is C58H111NO10. The summed E-state index contributed by atoms with van der Waals surface area (Å²) in [6.45, 7) is 3.47. The number of hydrogen-bond acceptors (Lipinski definition) is 10. The largest absolute Gasteiger partial charge is 0.394 e. The highest BCUT2D eigenvalue weighted by Crippen LogP contribution is 2.23. The van der Waals surface area contributed by atoms with E-state index in [4.69, 9.17) is 9.47 Å². The molecule has 9 atom stereocenters. The summed E-state index contributed by atoms with van der Waals surface area (Å²) in [7, 11) is 0. The Hall–Kier alpha value is -1.41. The quantitative estimate of drug-likeness (QED) is 0.0215.